The summed E-state index contributed by atoms with van der Waals surface area (Å²) in [5.41, 5.74) is 4.75. The van der Waals surface area contributed by atoms with Gasteiger partial charge in [-0.1, -0.05) is 66.7 Å². The molecular formula is C18H30. The van der Waals surface area contributed by atoms with Gasteiger partial charge in [-0.3, -0.25) is 0 Å². The maximum Gasteiger partial charge on any atom is -0.0132 e. The zero-order valence-corrected chi connectivity index (χ0v) is 13.3. The predicted molar refractivity (Wildman–Crippen MR) is 82.2 cm³/mol. The van der Waals surface area contributed by atoms with Gasteiger partial charge in [-0.2, -0.15) is 0 Å². The Morgan fingerprint density at radius 3 is 1.44 bits per heavy atom. The van der Waals surface area contributed by atoms with E-state index in [1.165, 1.54) is 29.5 Å². The summed E-state index contributed by atoms with van der Waals surface area (Å²) in [7, 11) is 0. The van der Waals surface area contributed by atoms with Crippen LogP contribution in [0.25, 0.3) is 0 Å². The molecule has 0 unspecified atom stereocenters. The van der Waals surface area contributed by atoms with Gasteiger partial charge in [-0.05, 0) is 46.8 Å². The van der Waals surface area contributed by atoms with Crippen molar-refractivity contribution in [3.05, 3.63) is 34.9 Å². The highest BCUT2D eigenvalue weighted by atomic mass is 14.2. The summed E-state index contributed by atoms with van der Waals surface area (Å²) in [6, 6.07) is 7.23. The molecule has 0 aliphatic heterocycles. The van der Waals surface area contributed by atoms with E-state index in [9.17, 15) is 0 Å². The van der Waals surface area contributed by atoms with E-state index in [2.05, 4.69) is 66.7 Å². The number of rotatable bonds is 4. The monoisotopic (exact) mass is 246 g/mol. The smallest absolute Gasteiger partial charge is 0.0132 e. The van der Waals surface area contributed by atoms with Gasteiger partial charge in [0.25, 0.3) is 0 Å². The second-order valence-electron chi connectivity index (χ2n) is 7.48. The molecule has 0 aromatic heterocycles. The number of benzene rings is 1. The Balaban J connectivity index is 3.11. The van der Waals surface area contributed by atoms with E-state index in [1.54, 1.807) is 0 Å². The van der Waals surface area contributed by atoms with Gasteiger partial charge in [0, 0.05) is 0 Å². The molecule has 1 aromatic carbocycles. The Morgan fingerprint density at radius 2 is 1.17 bits per heavy atom. The van der Waals surface area contributed by atoms with Crippen LogP contribution in [0.4, 0.5) is 0 Å². The van der Waals surface area contributed by atoms with Crippen molar-refractivity contribution in [1.29, 1.82) is 0 Å². The molecule has 0 bridgehead atoms. The summed E-state index contributed by atoms with van der Waals surface area (Å²) in [5, 5.41) is 0. The van der Waals surface area contributed by atoms with Gasteiger partial charge in [0.1, 0.15) is 0 Å². The summed E-state index contributed by atoms with van der Waals surface area (Å²) in [6.07, 6.45) is 2.38. The van der Waals surface area contributed by atoms with Crippen molar-refractivity contribution >= 4 is 0 Å². The lowest BCUT2D eigenvalue weighted by Crippen LogP contribution is -2.13. The molecule has 0 nitrogen and oxygen atoms in total. The third-order valence-electron chi connectivity index (χ3n) is 3.21. The van der Waals surface area contributed by atoms with Crippen molar-refractivity contribution in [2.45, 2.75) is 66.7 Å². The minimum Gasteiger partial charge on any atom is -0.0625 e. The third-order valence-corrected chi connectivity index (χ3v) is 3.21. The molecule has 0 N–H and O–H groups in total. The van der Waals surface area contributed by atoms with Crippen molar-refractivity contribution < 1.29 is 0 Å². The van der Waals surface area contributed by atoms with Crippen LogP contribution in [0.1, 0.15) is 65.2 Å². The third kappa shape index (κ3) is 4.84. The summed E-state index contributed by atoms with van der Waals surface area (Å²) >= 11 is 0. The maximum absolute atomic E-state index is 2.41. The van der Waals surface area contributed by atoms with E-state index >= 15 is 0 Å². The van der Waals surface area contributed by atoms with E-state index in [0.717, 1.165) is 11.8 Å². The molecule has 0 aliphatic carbocycles. The summed E-state index contributed by atoms with van der Waals surface area (Å²) in [4.78, 5) is 0. The fourth-order valence-corrected chi connectivity index (χ4v) is 2.37. The van der Waals surface area contributed by atoms with Gasteiger partial charge in [0.2, 0.25) is 0 Å². The van der Waals surface area contributed by atoms with Crippen LogP contribution >= 0.6 is 0 Å². The molecule has 0 saturated carbocycles. The normalized spacial score (nSPS) is 12.5. The first-order valence-electron chi connectivity index (χ1n) is 7.32. The molecule has 102 valence electrons. The molecule has 0 heteroatoms. The minimum absolute atomic E-state index is 0.249. The molecule has 0 spiro atoms. The number of hydrogen-bond donors (Lipinski definition) is 0. The highest BCUT2D eigenvalue weighted by molar-refractivity contribution is 5.34. The lowest BCUT2D eigenvalue weighted by atomic mass is 9.83. The van der Waals surface area contributed by atoms with Crippen LogP contribution in [0.15, 0.2) is 18.2 Å². The molecule has 0 heterocycles. The second-order valence-corrected chi connectivity index (χ2v) is 7.48. The Morgan fingerprint density at radius 1 is 0.778 bits per heavy atom. The highest BCUT2D eigenvalue weighted by Crippen LogP contribution is 2.26. The quantitative estimate of drug-likeness (QED) is 0.669. The van der Waals surface area contributed by atoms with Crippen LogP contribution in [0, 0.1) is 11.8 Å². The van der Waals surface area contributed by atoms with Crippen LogP contribution in [0.5, 0.6) is 0 Å². The molecule has 18 heavy (non-hydrogen) atoms. The lowest BCUT2D eigenvalue weighted by molar-refractivity contribution is 0.581. The van der Waals surface area contributed by atoms with Crippen molar-refractivity contribution in [3.8, 4) is 0 Å². The molecule has 0 amide bonds. The van der Waals surface area contributed by atoms with Crippen molar-refractivity contribution in [2.75, 3.05) is 0 Å². The standard InChI is InChI=1S/C18H30/c1-13(2)8-15-10-16(9-14(3)4)12-17(11-15)18(5,6)7/h10-14H,8-9H2,1-7H3. The average molecular weight is 246 g/mol. The average Bonchev–Trinajstić information content (AvgIpc) is 2.13. The first kappa shape index (κ1) is 15.3. The van der Waals surface area contributed by atoms with Crippen LogP contribution in [-0.4, -0.2) is 0 Å². The van der Waals surface area contributed by atoms with Crippen LogP contribution in [0.2, 0.25) is 0 Å². The van der Waals surface area contributed by atoms with Crippen LogP contribution in [-0.2, 0) is 18.3 Å². The van der Waals surface area contributed by atoms with E-state index in [4.69, 9.17) is 0 Å². The Labute approximate surface area is 114 Å². The molecular weight excluding hydrogens is 216 g/mol. The summed E-state index contributed by atoms with van der Waals surface area (Å²) in [6.45, 7) is 16.1. The molecule has 1 rings (SSSR count). The van der Waals surface area contributed by atoms with Gasteiger partial charge in [0.15, 0.2) is 0 Å². The summed E-state index contributed by atoms with van der Waals surface area (Å²) in [5.74, 6) is 1.46. The van der Waals surface area contributed by atoms with Crippen LogP contribution in [0.3, 0.4) is 0 Å². The van der Waals surface area contributed by atoms with E-state index in [0.29, 0.717) is 0 Å². The Bertz CT molecular complexity index is 349. The lowest BCUT2D eigenvalue weighted by Gasteiger charge is -2.22. The van der Waals surface area contributed by atoms with Crippen molar-refractivity contribution in [1.82, 2.24) is 0 Å². The molecule has 0 fully saturated rings. The van der Waals surface area contributed by atoms with Gasteiger partial charge >= 0.3 is 0 Å². The Kier molecular flexibility index (Phi) is 5.01. The predicted octanol–water partition coefficient (Wildman–Crippen LogP) is 5.38. The molecule has 0 aliphatic rings. The topological polar surface area (TPSA) is 0 Å². The van der Waals surface area contributed by atoms with E-state index < -0.39 is 0 Å². The first-order valence-corrected chi connectivity index (χ1v) is 7.32. The maximum atomic E-state index is 2.41. The molecule has 0 atom stereocenters. The van der Waals surface area contributed by atoms with E-state index in [1.807, 2.05) is 0 Å². The van der Waals surface area contributed by atoms with E-state index in [-0.39, 0.29) is 5.41 Å². The Hall–Kier alpha value is -0.780. The molecule has 1 aromatic rings. The van der Waals surface area contributed by atoms with Crippen molar-refractivity contribution in [2.24, 2.45) is 11.8 Å². The number of hydrogen-bond acceptors (Lipinski definition) is 0. The minimum atomic E-state index is 0.249. The SMILES string of the molecule is CC(C)Cc1cc(CC(C)C)cc(C(C)(C)C)c1. The fourth-order valence-electron chi connectivity index (χ4n) is 2.37. The van der Waals surface area contributed by atoms with Crippen molar-refractivity contribution in [3.63, 3.8) is 0 Å². The zero-order valence-electron chi connectivity index (χ0n) is 13.3. The van der Waals surface area contributed by atoms with Gasteiger partial charge < -0.3 is 0 Å². The van der Waals surface area contributed by atoms with Crippen LogP contribution < -0.4 is 0 Å². The zero-order chi connectivity index (χ0) is 13.9. The van der Waals surface area contributed by atoms with Gasteiger partial charge in [-0.15, -0.1) is 0 Å². The highest BCUT2D eigenvalue weighted by Gasteiger charge is 2.16. The van der Waals surface area contributed by atoms with Gasteiger partial charge in [0.05, 0.1) is 0 Å². The fraction of sp³-hybridized carbons (Fsp3) is 0.667. The first-order chi connectivity index (χ1) is 8.18. The molecule has 0 saturated heterocycles. The second kappa shape index (κ2) is 5.91. The van der Waals surface area contributed by atoms with Gasteiger partial charge in [-0.25, -0.2) is 0 Å². The largest absolute Gasteiger partial charge is 0.0625 e. The summed E-state index contributed by atoms with van der Waals surface area (Å²) < 4.78 is 0. The molecule has 0 radical (unpaired) electrons.